The molecular formula is C11H7FN4O. The first-order valence-electron chi connectivity index (χ1n) is 4.64. The summed E-state index contributed by atoms with van der Waals surface area (Å²) in [5.41, 5.74) is 5.87. The number of benzene rings is 1. The summed E-state index contributed by atoms with van der Waals surface area (Å²) in [5, 5.41) is 8.78. The highest BCUT2D eigenvalue weighted by Gasteiger charge is 2.09. The lowest BCUT2D eigenvalue weighted by Gasteiger charge is -2.07. The average Bonchev–Trinajstić information content (AvgIpc) is 2.34. The molecule has 84 valence electrons. The van der Waals surface area contributed by atoms with Gasteiger partial charge in [-0.1, -0.05) is 0 Å². The summed E-state index contributed by atoms with van der Waals surface area (Å²) in [6, 6.07) is 5.51. The van der Waals surface area contributed by atoms with Crippen LogP contribution < -0.4 is 10.5 Å². The van der Waals surface area contributed by atoms with Crippen molar-refractivity contribution in [1.29, 1.82) is 5.26 Å². The molecule has 2 aromatic rings. The quantitative estimate of drug-likeness (QED) is 0.796. The highest BCUT2D eigenvalue weighted by Crippen LogP contribution is 2.27. The Labute approximate surface area is 96.3 Å². The molecule has 0 aliphatic rings. The molecule has 2 rings (SSSR count). The molecule has 0 amide bonds. The molecule has 0 bridgehead atoms. The predicted octanol–water partition coefficient (Wildman–Crippen LogP) is 1.86. The summed E-state index contributed by atoms with van der Waals surface area (Å²) in [4.78, 5) is 7.59. The van der Waals surface area contributed by atoms with Gasteiger partial charge < -0.3 is 10.5 Å². The number of rotatable bonds is 2. The van der Waals surface area contributed by atoms with Crippen LogP contribution in [0.25, 0.3) is 0 Å². The average molecular weight is 230 g/mol. The van der Waals surface area contributed by atoms with E-state index in [1.54, 1.807) is 0 Å². The Hall–Kier alpha value is -2.68. The third kappa shape index (κ3) is 2.29. The van der Waals surface area contributed by atoms with Gasteiger partial charge in [0.1, 0.15) is 11.9 Å². The van der Waals surface area contributed by atoms with Crippen LogP contribution in [0.1, 0.15) is 5.69 Å². The molecule has 1 aromatic carbocycles. The van der Waals surface area contributed by atoms with Crippen molar-refractivity contribution in [1.82, 2.24) is 9.97 Å². The zero-order chi connectivity index (χ0) is 12.3. The van der Waals surface area contributed by atoms with Gasteiger partial charge in [0.05, 0.1) is 5.69 Å². The highest BCUT2D eigenvalue weighted by atomic mass is 19.1. The molecule has 5 nitrogen and oxygen atoms in total. The molecule has 0 unspecified atom stereocenters. The first-order chi connectivity index (χ1) is 8.20. The monoisotopic (exact) mass is 230 g/mol. The molecule has 0 saturated heterocycles. The zero-order valence-corrected chi connectivity index (χ0v) is 8.59. The number of anilines is 1. The van der Waals surface area contributed by atoms with E-state index in [-0.39, 0.29) is 23.0 Å². The van der Waals surface area contributed by atoms with Crippen LogP contribution in [0.2, 0.25) is 0 Å². The first-order valence-corrected chi connectivity index (χ1v) is 4.64. The van der Waals surface area contributed by atoms with Crippen LogP contribution in [-0.2, 0) is 0 Å². The molecule has 0 saturated carbocycles. The van der Waals surface area contributed by atoms with Gasteiger partial charge in [-0.15, -0.1) is 0 Å². The van der Waals surface area contributed by atoms with E-state index in [1.807, 2.05) is 6.07 Å². The minimum atomic E-state index is -0.489. The van der Waals surface area contributed by atoms with Crippen molar-refractivity contribution in [3.05, 3.63) is 42.1 Å². The maximum Gasteiger partial charge on any atom is 0.256 e. The molecular weight excluding hydrogens is 223 g/mol. The Morgan fingerprint density at radius 1 is 1.29 bits per heavy atom. The fourth-order valence-corrected chi connectivity index (χ4v) is 1.18. The standard InChI is InChI=1S/C11H7FN4O/c12-7-1-2-8(14)10(5-7)17-11-9(6-13)15-3-4-16-11/h1-5H,14H2. The number of nitrogens with zero attached hydrogens (tertiary/aromatic N) is 3. The lowest BCUT2D eigenvalue weighted by atomic mass is 10.3. The van der Waals surface area contributed by atoms with Crippen LogP contribution in [0.4, 0.5) is 10.1 Å². The van der Waals surface area contributed by atoms with E-state index in [0.29, 0.717) is 0 Å². The summed E-state index contributed by atoms with van der Waals surface area (Å²) in [7, 11) is 0. The Kier molecular flexibility index (Phi) is 2.83. The van der Waals surface area contributed by atoms with Crippen LogP contribution in [0.5, 0.6) is 11.6 Å². The molecule has 0 atom stereocenters. The van der Waals surface area contributed by atoms with Crippen LogP contribution in [-0.4, -0.2) is 9.97 Å². The largest absolute Gasteiger partial charge is 0.434 e. The number of nitriles is 1. The van der Waals surface area contributed by atoms with Gasteiger partial charge in [-0.25, -0.2) is 14.4 Å². The summed E-state index contributed by atoms with van der Waals surface area (Å²) >= 11 is 0. The fourth-order valence-electron chi connectivity index (χ4n) is 1.18. The molecule has 1 aromatic heterocycles. The Bertz CT molecular complexity index is 594. The second-order valence-electron chi connectivity index (χ2n) is 3.11. The van der Waals surface area contributed by atoms with Crippen molar-refractivity contribution < 1.29 is 9.13 Å². The SMILES string of the molecule is N#Cc1nccnc1Oc1cc(F)ccc1N. The van der Waals surface area contributed by atoms with E-state index in [9.17, 15) is 4.39 Å². The van der Waals surface area contributed by atoms with Crippen LogP contribution in [0.3, 0.4) is 0 Å². The van der Waals surface area contributed by atoms with Gasteiger partial charge in [0.25, 0.3) is 5.88 Å². The molecule has 1 heterocycles. The van der Waals surface area contributed by atoms with Crippen molar-refractivity contribution in [3.8, 4) is 17.7 Å². The second kappa shape index (κ2) is 4.45. The highest BCUT2D eigenvalue weighted by molar-refractivity contribution is 5.54. The summed E-state index contributed by atoms with van der Waals surface area (Å²) in [5.74, 6) is -0.397. The second-order valence-corrected chi connectivity index (χ2v) is 3.11. The molecule has 6 heteroatoms. The summed E-state index contributed by atoms with van der Waals surface area (Å²) < 4.78 is 18.2. The number of ether oxygens (including phenoxy) is 1. The third-order valence-corrected chi connectivity index (χ3v) is 1.95. The normalized spacial score (nSPS) is 9.65. The van der Waals surface area contributed by atoms with Gasteiger partial charge in [0.15, 0.2) is 5.75 Å². The number of aromatic nitrogens is 2. The van der Waals surface area contributed by atoms with Crippen molar-refractivity contribution in [3.63, 3.8) is 0 Å². The van der Waals surface area contributed by atoms with Crippen molar-refractivity contribution >= 4 is 5.69 Å². The molecule has 0 aliphatic heterocycles. The number of nitrogens with two attached hydrogens (primary N) is 1. The number of nitrogen functional groups attached to an aromatic ring is 1. The van der Waals surface area contributed by atoms with E-state index in [2.05, 4.69) is 9.97 Å². The molecule has 0 aliphatic carbocycles. The van der Waals surface area contributed by atoms with E-state index in [1.165, 1.54) is 24.5 Å². The number of hydrogen-bond acceptors (Lipinski definition) is 5. The minimum absolute atomic E-state index is 0.00713. The molecule has 2 N–H and O–H groups in total. The third-order valence-electron chi connectivity index (χ3n) is 1.95. The topological polar surface area (TPSA) is 84.8 Å². The molecule has 0 fully saturated rings. The van der Waals surface area contributed by atoms with Crippen molar-refractivity contribution in [2.45, 2.75) is 0 Å². The van der Waals surface area contributed by atoms with Crippen LogP contribution in [0, 0.1) is 17.1 Å². The number of halogens is 1. The van der Waals surface area contributed by atoms with E-state index >= 15 is 0 Å². The van der Waals surface area contributed by atoms with E-state index in [4.69, 9.17) is 15.7 Å². The Morgan fingerprint density at radius 3 is 2.82 bits per heavy atom. The lowest BCUT2D eigenvalue weighted by Crippen LogP contribution is -1.97. The maximum absolute atomic E-state index is 13.0. The first kappa shape index (κ1) is 10.8. The Morgan fingerprint density at radius 2 is 2.06 bits per heavy atom. The zero-order valence-electron chi connectivity index (χ0n) is 8.59. The smallest absolute Gasteiger partial charge is 0.256 e. The summed E-state index contributed by atoms with van der Waals surface area (Å²) in [6.07, 6.45) is 2.73. The van der Waals surface area contributed by atoms with Gasteiger partial charge in [0.2, 0.25) is 5.69 Å². The Balaban J connectivity index is 2.38. The van der Waals surface area contributed by atoms with E-state index < -0.39 is 5.82 Å². The predicted molar refractivity (Wildman–Crippen MR) is 57.6 cm³/mol. The fraction of sp³-hybridized carbons (Fsp3) is 0. The minimum Gasteiger partial charge on any atom is -0.434 e. The summed E-state index contributed by atoms with van der Waals surface area (Å²) in [6.45, 7) is 0. The van der Waals surface area contributed by atoms with E-state index in [0.717, 1.165) is 6.07 Å². The van der Waals surface area contributed by atoms with Gasteiger partial charge in [-0.3, -0.25) is 0 Å². The van der Waals surface area contributed by atoms with Gasteiger partial charge in [0, 0.05) is 18.5 Å². The molecule has 0 radical (unpaired) electrons. The van der Waals surface area contributed by atoms with Crippen molar-refractivity contribution in [2.75, 3.05) is 5.73 Å². The maximum atomic E-state index is 13.0. The lowest BCUT2D eigenvalue weighted by molar-refractivity contribution is 0.456. The number of hydrogen-bond donors (Lipinski definition) is 1. The molecule has 17 heavy (non-hydrogen) atoms. The van der Waals surface area contributed by atoms with Gasteiger partial charge in [-0.2, -0.15) is 5.26 Å². The van der Waals surface area contributed by atoms with Gasteiger partial charge >= 0.3 is 0 Å². The van der Waals surface area contributed by atoms with Gasteiger partial charge in [-0.05, 0) is 12.1 Å². The molecule has 0 spiro atoms. The van der Waals surface area contributed by atoms with Crippen molar-refractivity contribution in [2.24, 2.45) is 0 Å². The van der Waals surface area contributed by atoms with Crippen LogP contribution >= 0.6 is 0 Å². The van der Waals surface area contributed by atoms with Crippen LogP contribution in [0.15, 0.2) is 30.6 Å².